The first-order valence-electron chi connectivity index (χ1n) is 9.17. The largest absolute Gasteiger partial charge is 0.347 e. The second-order valence-electron chi connectivity index (χ2n) is 7.84. The number of hydrogen-bond donors (Lipinski definition) is 1. The van der Waals surface area contributed by atoms with Gasteiger partial charge in [0.05, 0.1) is 22.2 Å². The second-order valence-corrected chi connectivity index (χ2v) is 11.0. The minimum absolute atomic E-state index is 0.0102. The number of nitrogens with zero attached hydrogens (tertiary/aromatic N) is 2. The number of nitrogens with one attached hydrogen (secondary N) is 1. The molecule has 3 heterocycles. The van der Waals surface area contributed by atoms with Gasteiger partial charge in [0, 0.05) is 25.9 Å². The first-order chi connectivity index (χ1) is 12.2. The number of hydrogen-bond acceptors (Lipinski definition) is 6. The third-order valence-electron chi connectivity index (χ3n) is 5.78. The molecular weight excluding hydrogens is 370 g/mol. The summed E-state index contributed by atoms with van der Waals surface area (Å²) in [6, 6.07) is 2.04. The Balaban J connectivity index is 1.71. The molecule has 8 heteroatoms. The average Bonchev–Trinajstić information content (AvgIpc) is 3.12. The van der Waals surface area contributed by atoms with Gasteiger partial charge >= 0.3 is 0 Å². The van der Waals surface area contributed by atoms with Gasteiger partial charge in [0.2, 0.25) is 0 Å². The zero-order valence-corrected chi connectivity index (χ0v) is 17.5. The van der Waals surface area contributed by atoms with Crippen molar-refractivity contribution in [2.75, 3.05) is 45.2 Å². The van der Waals surface area contributed by atoms with Gasteiger partial charge in [0.25, 0.3) is 5.91 Å². The van der Waals surface area contributed by atoms with Crippen LogP contribution in [0.1, 0.15) is 34.5 Å². The molecule has 1 N–H and O–H groups in total. The van der Waals surface area contributed by atoms with Gasteiger partial charge in [-0.05, 0) is 56.8 Å². The highest BCUT2D eigenvalue weighted by Gasteiger charge is 2.49. The van der Waals surface area contributed by atoms with E-state index in [0.717, 1.165) is 49.3 Å². The van der Waals surface area contributed by atoms with Crippen molar-refractivity contribution >= 4 is 27.1 Å². The molecule has 2 atom stereocenters. The molecule has 2 unspecified atom stereocenters. The molecule has 0 bridgehead atoms. The van der Waals surface area contributed by atoms with Gasteiger partial charge in [-0.3, -0.25) is 9.69 Å². The predicted octanol–water partition coefficient (Wildman–Crippen LogP) is 1.37. The van der Waals surface area contributed by atoms with Crippen molar-refractivity contribution in [3.63, 3.8) is 0 Å². The molecule has 1 aromatic rings. The fraction of sp³-hybridized carbons (Fsp3) is 0.722. The summed E-state index contributed by atoms with van der Waals surface area (Å²) < 4.78 is 23.1. The average molecular weight is 400 g/mol. The Kier molecular flexibility index (Phi) is 5.77. The van der Waals surface area contributed by atoms with Crippen molar-refractivity contribution in [1.82, 2.24) is 15.1 Å². The number of likely N-dealkylation sites (N-methyl/N-ethyl adjacent to an activating group) is 1. The van der Waals surface area contributed by atoms with Gasteiger partial charge in [0.15, 0.2) is 0 Å². The number of likely N-dealkylation sites (tertiary alicyclic amines) is 2. The van der Waals surface area contributed by atoms with E-state index in [0.29, 0.717) is 6.54 Å². The van der Waals surface area contributed by atoms with Crippen LogP contribution in [0.2, 0.25) is 0 Å². The molecular formula is C18H29N3O3S2. The molecule has 1 aromatic heterocycles. The maximum atomic E-state index is 12.7. The Morgan fingerprint density at radius 3 is 2.85 bits per heavy atom. The number of aryl methyl sites for hydroxylation is 1. The van der Waals surface area contributed by atoms with Crippen LogP contribution in [0.15, 0.2) is 11.4 Å². The fourth-order valence-corrected chi connectivity index (χ4v) is 5.69. The van der Waals surface area contributed by atoms with E-state index >= 15 is 0 Å². The first-order valence-corrected chi connectivity index (χ1v) is 12.1. The smallest absolute Gasteiger partial charge is 0.261 e. The summed E-state index contributed by atoms with van der Waals surface area (Å²) in [6.45, 7) is 5.26. The van der Waals surface area contributed by atoms with E-state index in [-0.39, 0.29) is 23.2 Å². The molecule has 2 fully saturated rings. The topological polar surface area (TPSA) is 69.7 Å². The summed E-state index contributed by atoms with van der Waals surface area (Å²) in [7, 11) is -0.835. The van der Waals surface area contributed by atoms with Crippen LogP contribution in [-0.2, 0) is 9.84 Å². The Morgan fingerprint density at radius 1 is 1.42 bits per heavy atom. The highest BCUT2D eigenvalue weighted by Crippen LogP contribution is 2.36. The molecule has 6 nitrogen and oxygen atoms in total. The van der Waals surface area contributed by atoms with Gasteiger partial charge in [0.1, 0.15) is 9.84 Å². The van der Waals surface area contributed by atoms with Crippen molar-refractivity contribution in [3.05, 3.63) is 21.9 Å². The number of amides is 1. The lowest BCUT2D eigenvalue weighted by molar-refractivity contribution is 0.0414. The molecule has 1 spiro atoms. The molecule has 1 amide bonds. The van der Waals surface area contributed by atoms with E-state index in [1.807, 2.05) is 18.4 Å². The van der Waals surface area contributed by atoms with Gasteiger partial charge in [-0.2, -0.15) is 0 Å². The summed E-state index contributed by atoms with van der Waals surface area (Å²) in [5.41, 5.74) is 1.01. The van der Waals surface area contributed by atoms with Crippen molar-refractivity contribution in [2.45, 2.75) is 37.8 Å². The van der Waals surface area contributed by atoms with Crippen LogP contribution >= 0.6 is 11.3 Å². The summed E-state index contributed by atoms with van der Waals surface area (Å²) in [5.74, 6) is 0.203. The Morgan fingerprint density at radius 2 is 2.19 bits per heavy atom. The number of rotatable bonds is 5. The summed E-state index contributed by atoms with van der Waals surface area (Å²) in [5, 5.41) is 5.28. The van der Waals surface area contributed by atoms with Crippen LogP contribution < -0.4 is 5.32 Å². The minimum atomic E-state index is -2.96. The van der Waals surface area contributed by atoms with Crippen molar-refractivity contribution < 1.29 is 13.2 Å². The Labute approximate surface area is 160 Å². The van der Waals surface area contributed by atoms with Crippen LogP contribution in [0.25, 0.3) is 0 Å². The number of thiophene rings is 1. The Bertz CT molecular complexity index is 761. The Hall–Kier alpha value is -0.960. The summed E-state index contributed by atoms with van der Waals surface area (Å²) >= 11 is 1.49. The number of carbonyl (C=O) groups is 1. The van der Waals surface area contributed by atoms with E-state index in [2.05, 4.69) is 22.2 Å². The lowest BCUT2D eigenvalue weighted by atomic mass is 9.82. The second kappa shape index (κ2) is 7.58. The molecule has 0 aliphatic carbocycles. The molecule has 0 saturated carbocycles. The SMILES string of the molecule is Cc1csc(C(=O)NC2CCN(C)C23CCCN(CCS(C)(=O)=O)C3)c1. The third kappa shape index (κ3) is 4.30. The lowest BCUT2D eigenvalue weighted by Gasteiger charge is -2.48. The minimum Gasteiger partial charge on any atom is -0.347 e. The highest BCUT2D eigenvalue weighted by molar-refractivity contribution is 7.90. The predicted molar refractivity (Wildman–Crippen MR) is 106 cm³/mol. The zero-order chi connectivity index (χ0) is 18.9. The molecule has 3 rings (SSSR count). The van der Waals surface area contributed by atoms with E-state index < -0.39 is 9.84 Å². The number of piperidine rings is 1. The van der Waals surface area contributed by atoms with Crippen LogP contribution in [0.4, 0.5) is 0 Å². The molecule has 2 aliphatic rings. The van der Waals surface area contributed by atoms with Crippen LogP contribution in [0.3, 0.4) is 0 Å². The van der Waals surface area contributed by atoms with E-state index in [1.54, 1.807) is 0 Å². The molecule has 26 heavy (non-hydrogen) atoms. The van der Waals surface area contributed by atoms with Crippen molar-refractivity contribution in [1.29, 1.82) is 0 Å². The third-order valence-corrected chi connectivity index (χ3v) is 7.75. The van der Waals surface area contributed by atoms with Gasteiger partial charge in [-0.15, -0.1) is 11.3 Å². The van der Waals surface area contributed by atoms with Crippen molar-refractivity contribution in [3.8, 4) is 0 Å². The molecule has 2 saturated heterocycles. The number of carbonyl (C=O) groups excluding carboxylic acids is 1. The van der Waals surface area contributed by atoms with Gasteiger partial charge < -0.3 is 10.2 Å². The normalized spacial score (nSPS) is 27.9. The van der Waals surface area contributed by atoms with Gasteiger partial charge in [-0.1, -0.05) is 0 Å². The maximum absolute atomic E-state index is 12.7. The van der Waals surface area contributed by atoms with E-state index in [4.69, 9.17) is 0 Å². The highest BCUT2D eigenvalue weighted by atomic mass is 32.2. The molecule has 0 aromatic carbocycles. The molecule has 146 valence electrons. The molecule has 2 aliphatic heterocycles. The number of sulfone groups is 1. The monoisotopic (exact) mass is 399 g/mol. The van der Waals surface area contributed by atoms with Crippen LogP contribution in [0.5, 0.6) is 0 Å². The van der Waals surface area contributed by atoms with E-state index in [9.17, 15) is 13.2 Å². The quantitative estimate of drug-likeness (QED) is 0.810. The maximum Gasteiger partial charge on any atom is 0.261 e. The van der Waals surface area contributed by atoms with E-state index in [1.165, 1.54) is 17.6 Å². The fourth-order valence-electron chi connectivity index (χ4n) is 4.30. The summed E-state index contributed by atoms with van der Waals surface area (Å²) in [4.78, 5) is 18.1. The van der Waals surface area contributed by atoms with Crippen molar-refractivity contribution in [2.24, 2.45) is 0 Å². The first kappa shape index (κ1) is 19.8. The van der Waals surface area contributed by atoms with Gasteiger partial charge in [-0.25, -0.2) is 8.42 Å². The van der Waals surface area contributed by atoms with Crippen LogP contribution in [-0.4, -0.2) is 80.9 Å². The standard InChI is InChI=1S/C18H29N3O3S2/c1-14-11-15(25-12-14)17(22)19-16-5-8-20(2)18(16)6-4-7-21(13-18)9-10-26(3,23)24/h11-12,16H,4-10,13H2,1-3H3,(H,19,22). The summed E-state index contributed by atoms with van der Waals surface area (Å²) in [6.07, 6.45) is 4.29. The zero-order valence-electron chi connectivity index (χ0n) is 15.8. The molecule has 0 radical (unpaired) electrons. The van der Waals surface area contributed by atoms with Crippen LogP contribution in [0, 0.1) is 6.92 Å². The lowest BCUT2D eigenvalue weighted by Crippen LogP contribution is -2.63.